The van der Waals surface area contributed by atoms with Crippen LogP contribution < -0.4 is 5.32 Å². The molecule has 0 saturated carbocycles. The third-order valence-electron chi connectivity index (χ3n) is 4.16. The largest absolute Gasteiger partial charge is 0.535 e. The van der Waals surface area contributed by atoms with E-state index in [4.69, 9.17) is 4.52 Å². The van der Waals surface area contributed by atoms with Crippen LogP contribution in [0.4, 0.5) is 0 Å². The molecule has 1 atom stereocenters. The Balaban J connectivity index is 1.92. The fraction of sp³-hybridized carbons (Fsp3) is 0.778. The van der Waals surface area contributed by atoms with Gasteiger partial charge >= 0.3 is 7.82 Å². The van der Waals surface area contributed by atoms with Crippen molar-refractivity contribution in [2.24, 2.45) is 0 Å². The van der Waals surface area contributed by atoms with Gasteiger partial charge in [0.2, 0.25) is 11.8 Å². The van der Waals surface area contributed by atoms with Gasteiger partial charge in [-0.25, -0.2) is 4.57 Å². The molecule has 0 bridgehead atoms. The summed E-state index contributed by atoms with van der Waals surface area (Å²) in [7, 11) is -4.07. The van der Waals surface area contributed by atoms with Crippen LogP contribution >= 0.6 is 7.82 Å². The number of hydrogen-bond donors (Lipinski definition) is 2. The highest BCUT2D eigenvalue weighted by Crippen LogP contribution is 2.42. The molecule has 0 aromatic carbocycles. The second-order valence-electron chi connectivity index (χ2n) is 6.45. The molecule has 0 spiro atoms. The second kappa shape index (κ2) is 13.6. The molecule has 1 aliphatic heterocycles. The van der Waals surface area contributed by atoms with Crippen LogP contribution in [0.25, 0.3) is 0 Å². The Morgan fingerprint density at radius 2 is 1.81 bits per heavy atom. The molecule has 1 fully saturated rings. The van der Waals surface area contributed by atoms with Crippen LogP contribution in [-0.2, 0) is 23.2 Å². The monoisotopic (exact) mass is 402 g/mol. The van der Waals surface area contributed by atoms with Crippen molar-refractivity contribution in [2.45, 2.75) is 64.7 Å². The minimum atomic E-state index is -4.07. The van der Waals surface area contributed by atoms with Crippen molar-refractivity contribution in [3.63, 3.8) is 0 Å². The van der Waals surface area contributed by atoms with Crippen molar-refractivity contribution in [3.05, 3.63) is 0 Å². The predicted molar refractivity (Wildman–Crippen MR) is 101 cm³/mol. The predicted octanol–water partition coefficient (Wildman–Crippen LogP) is 2.57. The molecule has 0 aromatic heterocycles. The molecule has 8 nitrogen and oxygen atoms in total. The number of phosphoric acid groups is 1. The first-order valence-electron chi connectivity index (χ1n) is 9.57. The fourth-order valence-electron chi connectivity index (χ4n) is 2.73. The van der Waals surface area contributed by atoms with E-state index in [0.29, 0.717) is 32.2 Å². The van der Waals surface area contributed by atoms with Crippen molar-refractivity contribution in [3.8, 4) is 12.0 Å². The van der Waals surface area contributed by atoms with Gasteiger partial charge in [0.25, 0.3) is 0 Å². The zero-order chi connectivity index (χ0) is 20.0. The zero-order valence-electron chi connectivity index (χ0n) is 16.1. The number of rotatable bonds is 13. The second-order valence-corrected chi connectivity index (χ2v) is 7.83. The van der Waals surface area contributed by atoms with Gasteiger partial charge < -0.3 is 14.7 Å². The van der Waals surface area contributed by atoms with Crippen LogP contribution in [0.15, 0.2) is 0 Å². The van der Waals surface area contributed by atoms with Gasteiger partial charge in [-0.1, -0.05) is 18.8 Å². The number of phosphoric ester groups is 1. The van der Waals surface area contributed by atoms with Gasteiger partial charge in [0.1, 0.15) is 6.11 Å². The summed E-state index contributed by atoms with van der Waals surface area (Å²) in [6.07, 6.45) is 8.77. The minimum Gasteiger partial charge on any atom is -0.356 e. The first kappa shape index (κ1) is 23.5. The molecule has 1 unspecified atom stereocenters. The van der Waals surface area contributed by atoms with E-state index in [-0.39, 0.29) is 18.4 Å². The number of carbonyl (C=O) groups excluding carboxylic acids is 2. The number of amides is 2. The van der Waals surface area contributed by atoms with E-state index in [1.807, 2.05) is 4.90 Å². The Kier molecular flexibility index (Phi) is 11.8. The Bertz CT molecular complexity index is 566. The molecule has 1 aliphatic rings. The smallest absolute Gasteiger partial charge is 0.356 e. The molecular formula is C18H31N2O6P. The van der Waals surface area contributed by atoms with Gasteiger partial charge in [0.15, 0.2) is 0 Å². The first-order valence-corrected chi connectivity index (χ1v) is 11.1. The van der Waals surface area contributed by atoms with Crippen LogP contribution in [-0.4, -0.2) is 47.8 Å². The highest BCUT2D eigenvalue weighted by atomic mass is 31.2. The van der Waals surface area contributed by atoms with E-state index in [1.54, 1.807) is 0 Å². The normalized spacial score (nSPS) is 15.6. The number of hydrogen-bond acceptors (Lipinski definition) is 5. The molecule has 1 rings (SSSR count). The first-order chi connectivity index (χ1) is 12.9. The highest BCUT2D eigenvalue weighted by molar-refractivity contribution is 7.47. The third kappa shape index (κ3) is 11.7. The van der Waals surface area contributed by atoms with E-state index in [1.165, 1.54) is 6.92 Å². The summed E-state index contributed by atoms with van der Waals surface area (Å²) in [6.45, 7) is 3.91. The summed E-state index contributed by atoms with van der Waals surface area (Å²) in [4.78, 5) is 34.7. The number of unbranched alkanes of at least 4 members (excludes halogenated alkanes) is 3. The lowest BCUT2D eigenvalue weighted by molar-refractivity contribution is -0.130. The van der Waals surface area contributed by atoms with Gasteiger partial charge in [-0.3, -0.25) is 19.0 Å². The van der Waals surface area contributed by atoms with Crippen molar-refractivity contribution in [1.82, 2.24) is 10.2 Å². The Labute approximate surface area is 161 Å². The molecule has 1 heterocycles. The molecular weight excluding hydrogens is 371 g/mol. The average Bonchev–Trinajstić information content (AvgIpc) is 3.17. The number of carbonyl (C=O) groups is 2. The Hall–Kier alpha value is -1.55. The molecule has 0 radical (unpaired) electrons. The average molecular weight is 402 g/mol. The Morgan fingerprint density at radius 3 is 2.52 bits per heavy atom. The highest BCUT2D eigenvalue weighted by Gasteiger charge is 2.20. The van der Waals surface area contributed by atoms with Crippen LogP contribution in [0.3, 0.4) is 0 Å². The molecule has 0 aromatic rings. The van der Waals surface area contributed by atoms with E-state index >= 15 is 0 Å². The van der Waals surface area contributed by atoms with Crippen molar-refractivity contribution >= 4 is 19.6 Å². The van der Waals surface area contributed by atoms with E-state index in [0.717, 1.165) is 45.2 Å². The van der Waals surface area contributed by atoms with Crippen molar-refractivity contribution < 1.29 is 28.1 Å². The quantitative estimate of drug-likeness (QED) is 0.279. The lowest BCUT2D eigenvalue weighted by atomic mass is 10.2. The maximum absolute atomic E-state index is 11.9. The molecule has 154 valence electrons. The van der Waals surface area contributed by atoms with Crippen LogP contribution in [0.1, 0.15) is 64.7 Å². The fourth-order valence-corrected chi connectivity index (χ4v) is 3.35. The summed E-state index contributed by atoms with van der Waals surface area (Å²) in [5.74, 6) is 2.48. The minimum absolute atomic E-state index is 0.0250. The van der Waals surface area contributed by atoms with Gasteiger partial charge in [0, 0.05) is 39.4 Å². The van der Waals surface area contributed by atoms with Gasteiger partial charge in [0.05, 0.1) is 6.61 Å². The summed E-state index contributed by atoms with van der Waals surface area (Å²) >= 11 is 0. The summed E-state index contributed by atoms with van der Waals surface area (Å²) < 4.78 is 20.5. The summed E-state index contributed by atoms with van der Waals surface area (Å²) in [5, 5.41) is 2.85. The lowest BCUT2D eigenvalue weighted by Gasteiger charge is -2.14. The third-order valence-corrected chi connectivity index (χ3v) is 4.99. The topological polar surface area (TPSA) is 105 Å². The zero-order valence-corrected chi connectivity index (χ0v) is 17.0. The molecule has 1 saturated heterocycles. The SMILES string of the molecule is CC#COP(=O)(O)OCCCCCCNC(=O)CCCC(=O)N1CCCC1. The molecule has 27 heavy (non-hydrogen) atoms. The van der Waals surface area contributed by atoms with Crippen LogP contribution in [0.5, 0.6) is 0 Å². The maximum Gasteiger partial charge on any atom is 0.535 e. The molecule has 0 aliphatic carbocycles. The van der Waals surface area contributed by atoms with Crippen molar-refractivity contribution in [1.29, 1.82) is 0 Å². The molecule has 2 amide bonds. The maximum atomic E-state index is 11.9. The number of likely N-dealkylation sites (tertiary alicyclic amines) is 1. The van der Waals surface area contributed by atoms with E-state index in [2.05, 4.69) is 21.9 Å². The van der Waals surface area contributed by atoms with Crippen LogP contribution in [0, 0.1) is 12.0 Å². The molecule has 9 heteroatoms. The molecule has 2 N–H and O–H groups in total. The van der Waals surface area contributed by atoms with Gasteiger partial charge in [-0.05, 0) is 32.1 Å². The van der Waals surface area contributed by atoms with E-state index in [9.17, 15) is 19.0 Å². The summed E-state index contributed by atoms with van der Waals surface area (Å²) in [6, 6.07) is 0. The number of nitrogens with one attached hydrogen (secondary N) is 1. The number of nitrogens with zero attached hydrogens (tertiary/aromatic N) is 1. The van der Waals surface area contributed by atoms with Crippen molar-refractivity contribution in [2.75, 3.05) is 26.2 Å². The standard InChI is InChI=1S/C18H31N2O6P/c1-2-15-25-27(23,24)26-16-8-4-3-5-12-19-17(21)10-9-11-18(22)20-13-6-7-14-20/h3-14,16H2,1H3,(H,19,21)(H,23,24). The lowest BCUT2D eigenvalue weighted by Crippen LogP contribution is -2.28. The van der Waals surface area contributed by atoms with Gasteiger partial charge in [-0.2, -0.15) is 0 Å². The van der Waals surface area contributed by atoms with Gasteiger partial charge in [-0.15, -0.1) is 0 Å². The van der Waals surface area contributed by atoms with E-state index < -0.39 is 7.82 Å². The van der Waals surface area contributed by atoms with Crippen LogP contribution in [0.2, 0.25) is 0 Å². The Morgan fingerprint density at radius 1 is 1.11 bits per heavy atom. The summed E-state index contributed by atoms with van der Waals surface area (Å²) in [5.41, 5.74) is 0.